The van der Waals surface area contributed by atoms with Gasteiger partial charge in [0.25, 0.3) is 0 Å². The minimum absolute atomic E-state index is 0.549. The summed E-state index contributed by atoms with van der Waals surface area (Å²) in [5.41, 5.74) is 6.03. The minimum atomic E-state index is -0.549. The van der Waals surface area contributed by atoms with Crippen molar-refractivity contribution < 1.29 is 4.79 Å². The summed E-state index contributed by atoms with van der Waals surface area (Å²) < 4.78 is 0. The first-order chi connectivity index (χ1) is 5.75. The third kappa shape index (κ3) is 1.55. The average molecular weight is 183 g/mol. The second-order valence-electron chi connectivity index (χ2n) is 2.84. The first-order valence-corrected chi connectivity index (χ1v) is 4.65. The number of thiazole rings is 1. The van der Waals surface area contributed by atoms with Gasteiger partial charge in [0, 0.05) is 11.3 Å². The van der Waals surface area contributed by atoms with Gasteiger partial charge in [0.15, 0.2) is 5.13 Å². The molecule has 2 amide bonds. The molecule has 0 bridgehead atoms. The van der Waals surface area contributed by atoms with Gasteiger partial charge in [-0.05, 0) is 12.8 Å². The number of nitrogens with one attached hydrogen (secondary N) is 1. The molecular formula is C7H9N3OS. The highest BCUT2D eigenvalue weighted by atomic mass is 32.1. The van der Waals surface area contributed by atoms with Crippen LogP contribution in [0.5, 0.6) is 0 Å². The van der Waals surface area contributed by atoms with E-state index in [0.717, 1.165) is 5.69 Å². The Morgan fingerprint density at radius 3 is 3.08 bits per heavy atom. The molecule has 0 saturated heterocycles. The van der Waals surface area contributed by atoms with Crippen LogP contribution in [-0.2, 0) is 0 Å². The van der Waals surface area contributed by atoms with Gasteiger partial charge in [-0.1, -0.05) is 0 Å². The van der Waals surface area contributed by atoms with Gasteiger partial charge in [0.1, 0.15) is 0 Å². The standard InChI is InChI=1S/C7H9N3OS/c8-6(11)10-7-9-5(3-12-7)4-1-2-4/h3-4H,1-2H2,(H3,8,9,10,11). The van der Waals surface area contributed by atoms with Gasteiger partial charge in [-0.3, -0.25) is 5.32 Å². The van der Waals surface area contributed by atoms with Gasteiger partial charge in [-0.2, -0.15) is 0 Å². The van der Waals surface area contributed by atoms with E-state index in [1.54, 1.807) is 0 Å². The number of urea groups is 1. The Morgan fingerprint density at radius 1 is 1.75 bits per heavy atom. The zero-order valence-corrected chi connectivity index (χ0v) is 7.23. The number of nitrogens with two attached hydrogens (primary N) is 1. The minimum Gasteiger partial charge on any atom is -0.351 e. The average Bonchev–Trinajstić information content (AvgIpc) is 2.73. The molecule has 0 aliphatic heterocycles. The number of carbonyl (C=O) groups excluding carboxylic acids is 1. The SMILES string of the molecule is NC(=O)Nc1nc(C2CC2)cs1. The van der Waals surface area contributed by atoms with Crippen LogP contribution >= 0.6 is 11.3 Å². The molecule has 1 aromatic rings. The molecule has 1 aliphatic carbocycles. The maximum Gasteiger partial charge on any atom is 0.318 e. The normalized spacial score (nSPS) is 16.0. The highest BCUT2D eigenvalue weighted by molar-refractivity contribution is 7.13. The topological polar surface area (TPSA) is 68.0 Å². The molecule has 4 nitrogen and oxygen atoms in total. The van der Waals surface area contributed by atoms with Crippen molar-refractivity contribution in [2.24, 2.45) is 5.73 Å². The summed E-state index contributed by atoms with van der Waals surface area (Å²) in [6, 6.07) is -0.549. The molecule has 0 atom stereocenters. The van der Waals surface area contributed by atoms with Gasteiger partial charge in [-0.25, -0.2) is 9.78 Å². The monoisotopic (exact) mass is 183 g/mol. The van der Waals surface area contributed by atoms with Crippen LogP contribution in [-0.4, -0.2) is 11.0 Å². The maximum absolute atomic E-state index is 10.4. The smallest absolute Gasteiger partial charge is 0.318 e. The van der Waals surface area contributed by atoms with Crippen LogP contribution in [0.4, 0.5) is 9.93 Å². The lowest BCUT2D eigenvalue weighted by molar-refractivity contribution is 0.259. The fraction of sp³-hybridized carbons (Fsp3) is 0.429. The van der Waals surface area contributed by atoms with Crippen LogP contribution in [0.15, 0.2) is 5.38 Å². The molecule has 1 aliphatic rings. The predicted octanol–water partition coefficient (Wildman–Crippen LogP) is 1.51. The van der Waals surface area contributed by atoms with Gasteiger partial charge in [0.2, 0.25) is 0 Å². The van der Waals surface area contributed by atoms with E-state index in [1.807, 2.05) is 5.38 Å². The molecule has 1 heterocycles. The third-order valence-electron chi connectivity index (χ3n) is 1.75. The second kappa shape index (κ2) is 2.75. The lowest BCUT2D eigenvalue weighted by Gasteiger charge is -1.92. The summed E-state index contributed by atoms with van der Waals surface area (Å²) in [5, 5.41) is 5.03. The summed E-state index contributed by atoms with van der Waals surface area (Å²) in [7, 11) is 0. The van der Waals surface area contributed by atoms with E-state index in [9.17, 15) is 4.79 Å². The summed E-state index contributed by atoms with van der Waals surface area (Å²) in [5.74, 6) is 0.629. The summed E-state index contributed by atoms with van der Waals surface area (Å²) in [6.07, 6.45) is 2.44. The van der Waals surface area contributed by atoms with Crippen molar-refractivity contribution in [3.63, 3.8) is 0 Å². The van der Waals surface area contributed by atoms with Crippen molar-refractivity contribution in [2.45, 2.75) is 18.8 Å². The van der Waals surface area contributed by atoms with Crippen molar-refractivity contribution in [1.29, 1.82) is 0 Å². The largest absolute Gasteiger partial charge is 0.351 e. The van der Waals surface area contributed by atoms with E-state index < -0.39 is 6.03 Å². The third-order valence-corrected chi connectivity index (χ3v) is 2.52. The van der Waals surface area contributed by atoms with Gasteiger partial charge >= 0.3 is 6.03 Å². The van der Waals surface area contributed by atoms with Crippen LogP contribution in [0, 0.1) is 0 Å². The first kappa shape index (κ1) is 7.54. The Morgan fingerprint density at radius 2 is 2.50 bits per heavy atom. The molecule has 1 saturated carbocycles. The molecule has 1 fully saturated rings. The fourth-order valence-electron chi connectivity index (χ4n) is 1.02. The number of amides is 2. The molecule has 5 heteroatoms. The summed E-state index contributed by atoms with van der Waals surface area (Å²) in [6.45, 7) is 0. The number of carbonyl (C=O) groups is 1. The van der Waals surface area contributed by atoms with Crippen molar-refractivity contribution in [2.75, 3.05) is 5.32 Å². The highest BCUT2D eigenvalue weighted by Gasteiger charge is 2.26. The Bertz CT molecular complexity index is 305. The van der Waals surface area contributed by atoms with E-state index >= 15 is 0 Å². The zero-order valence-electron chi connectivity index (χ0n) is 6.41. The number of hydrogen-bond donors (Lipinski definition) is 2. The molecule has 12 heavy (non-hydrogen) atoms. The summed E-state index contributed by atoms with van der Waals surface area (Å²) in [4.78, 5) is 14.7. The van der Waals surface area contributed by atoms with Gasteiger partial charge in [0.05, 0.1) is 5.69 Å². The first-order valence-electron chi connectivity index (χ1n) is 3.77. The Labute approximate surface area is 73.8 Å². The maximum atomic E-state index is 10.4. The van der Waals surface area contributed by atoms with Crippen LogP contribution in [0.1, 0.15) is 24.5 Å². The van der Waals surface area contributed by atoms with Crippen LogP contribution < -0.4 is 11.1 Å². The van der Waals surface area contributed by atoms with Gasteiger partial charge in [-0.15, -0.1) is 11.3 Å². The molecule has 0 radical (unpaired) electrons. The van der Waals surface area contributed by atoms with E-state index in [-0.39, 0.29) is 0 Å². The van der Waals surface area contributed by atoms with E-state index in [4.69, 9.17) is 5.73 Å². The Balaban J connectivity index is 2.07. The Hall–Kier alpha value is -1.10. The number of primary amides is 1. The molecule has 1 aromatic heterocycles. The zero-order chi connectivity index (χ0) is 8.55. The number of hydrogen-bond acceptors (Lipinski definition) is 3. The fourth-order valence-corrected chi connectivity index (χ4v) is 1.81. The molecular weight excluding hydrogens is 174 g/mol. The second-order valence-corrected chi connectivity index (χ2v) is 3.70. The molecule has 0 spiro atoms. The van der Waals surface area contributed by atoms with E-state index in [0.29, 0.717) is 11.0 Å². The van der Waals surface area contributed by atoms with Crippen molar-refractivity contribution in [1.82, 2.24) is 4.98 Å². The van der Waals surface area contributed by atoms with Gasteiger partial charge < -0.3 is 5.73 Å². The number of nitrogens with zero attached hydrogens (tertiary/aromatic N) is 1. The predicted molar refractivity (Wildman–Crippen MR) is 47.3 cm³/mol. The molecule has 2 rings (SSSR count). The van der Waals surface area contributed by atoms with Crippen molar-refractivity contribution in [3.8, 4) is 0 Å². The Kier molecular flexibility index (Phi) is 1.73. The van der Waals surface area contributed by atoms with Crippen LogP contribution in [0.3, 0.4) is 0 Å². The number of aromatic nitrogens is 1. The van der Waals surface area contributed by atoms with Crippen molar-refractivity contribution in [3.05, 3.63) is 11.1 Å². The number of rotatable bonds is 2. The molecule has 0 aromatic carbocycles. The lowest BCUT2D eigenvalue weighted by atomic mass is 10.3. The number of anilines is 1. The quantitative estimate of drug-likeness (QED) is 0.729. The van der Waals surface area contributed by atoms with E-state index in [2.05, 4.69) is 10.3 Å². The van der Waals surface area contributed by atoms with Crippen LogP contribution in [0.2, 0.25) is 0 Å². The molecule has 0 unspecified atom stereocenters. The van der Waals surface area contributed by atoms with Crippen molar-refractivity contribution >= 4 is 22.5 Å². The molecule has 64 valence electrons. The van der Waals surface area contributed by atoms with Crippen LogP contribution in [0.25, 0.3) is 0 Å². The van der Waals surface area contributed by atoms with E-state index in [1.165, 1.54) is 24.2 Å². The highest BCUT2D eigenvalue weighted by Crippen LogP contribution is 2.40. The molecule has 3 N–H and O–H groups in total. The lowest BCUT2D eigenvalue weighted by Crippen LogP contribution is -2.19. The summed E-state index contributed by atoms with van der Waals surface area (Å²) >= 11 is 1.42.